The van der Waals surface area contributed by atoms with Crippen molar-refractivity contribution in [2.45, 2.75) is 13.8 Å². The van der Waals surface area contributed by atoms with E-state index in [-0.39, 0.29) is 32.7 Å². The fourth-order valence-electron chi connectivity index (χ4n) is 0.557. The van der Waals surface area contributed by atoms with Gasteiger partial charge in [-0.3, -0.25) is 4.98 Å². The van der Waals surface area contributed by atoms with Gasteiger partial charge in [0.05, 0.1) is 0 Å². The second-order valence-corrected chi connectivity index (χ2v) is 2.09. The Hall–Kier alpha value is 0.0539. The third-order valence-electron chi connectivity index (χ3n) is 1.08. The Balaban J connectivity index is 0.000000810. The Morgan fingerprint density at radius 2 is 2.00 bits per heavy atom. The molecule has 0 saturated heterocycles. The minimum Gasteiger partial charge on any atom is -0.355 e. The van der Waals surface area contributed by atoms with Crippen LogP contribution in [0.1, 0.15) is 19.5 Å². The van der Waals surface area contributed by atoms with Crippen LogP contribution >= 0.6 is 0 Å². The maximum Gasteiger partial charge on any atom is 0.0402 e. The SMILES string of the molecule is C[C-](C)c1cnccn1.[Y]. The summed E-state index contributed by atoms with van der Waals surface area (Å²) in [7, 11) is 0. The second kappa shape index (κ2) is 4.81. The molecule has 0 aliphatic heterocycles. The summed E-state index contributed by atoms with van der Waals surface area (Å²) in [4.78, 5) is 8.00. The molecule has 2 nitrogen and oxygen atoms in total. The minimum atomic E-state index is 0. The van der Waals surface area contributed by atoms with Crippen molar-refractivity contribution in [3.63, 3.8) is 0 Å². The fraction of sp³-hybridized carbons (Fsp3) is 0.286. The van der Waals surface area contributed by atoms with Gasteiger partial charge in [0.25, 0.3) is 0 Å². The van der Waals surface area contributed by atoms with Gasteiger partial charge in [0, 0.05) is 45.1 Å². The van der Waals surface area contributed by atoms with Gasteiger partial charge < -0.3 is 4.98 Å². The van der Waals surface area contributed by atoms with Crippen molar-refractivity contribution in [3.8, 4) is 0 Å². The summed E-state index contributed by atoms with van der Waals surface area (Å²) in [5, 5.41) is 0. The number of aromatic nitrogens is 2. The molecular formula is C7H9N2Y-. The molecule has 1 aromatic rings. The van der Waals surface area contributed by atoms with E-state index in [9.17, 15) is 0 Å². The molecule has 0 aliphatic rings. The number of rotatable bonds is 1. The maximum absolute atomic E-state index is 4.08. The van der Waals surface area contributed by atoms with Crippen LogP contribution in [0.2, 0.25) is 0 Å². The molecule has 1 aromatic heterocycles. The number of nitrogens with zero attached hydrogens (tertiary/aromatic N) is 2. The van der Waals surface area contributed by atoms with Gasteiger partial charge in [-0.2, -0.15) is 5.92 Å². The Morgan fingerprint density at radius 3 is 2.30 bits per heavy atom. The molecule has 0 fully saturated rings. The standard InChI is InChI=1S/C7H9N2.Y/c1-6(2)7-5-8-3-4-9-7;/h3-5H,1-2H3;/q-1;. The van der Waals surface area contributed by atoms with Gasteiger partial charge in [0.1, 0.15) is 0 Å². The Kier molecular flexibility index (Phi) is 4.83. The Bertz CT molecular complexity index is 174. The summed E-state index contributed by atoms with van der Waals surface area (Å²) >= 11 is 0. The molecule has 1 heterocycles. The van der Waals surface area contributed by atoms with Crippen molar-refractivity contribution in [1.29, 1.82) is 0 Å². The van der Waals surface area contributed by atoms with E-state index in [0.29, 0.717) is 0 Å². The van der Waals surface area contributed by atoms with Crippen LogP contribution in [-0.2, 0) is 32.7 Å². The maximum atomic E-state index is 4.08. The molecule has 10 heavy (non-hydrogen) atoms. The largest absolute Gasteiger partial charge is 0.355 e. The van der Waals surface area contributed by atoms with Crippen LogP contribution in [0.3, 0.4) is 0 Å². The normalized spacial score (nSPS) is 8.20. The van der Waals surface area contributed by atoms with Crippen LogP contribution in [0.5, 0.6) is 0 Å². The molecule has 0 saturated carbocycles. The van der Waals surface area contributed by atoms with Crippen LogP contribution in [0.4, 0.5) is 0 Å². The van der Waals surface area contributed by atoms with Crippen molar-refractivity contribution in [1.82, 2.24) is 9.97 Å². The van der Waals surface area contributed by atoms with Crippen molar-refractivity contribution < 1.29 is 32.7 Å². The van der Waals surface area contributed by atoms with Crippen LogP contribution in [-0.4, -0.2) is 9.97 Å². The molecule has 1 rings (SSSR count). The Labute approximate surface area is 86.3 Å². The zero-order valence-electron chi connectivity index (χ0n) is 6.20. The molecular weight excluding hydrogens is 201 g/mol. The van der Waals surface area contributed by atoms with Gasteiger partial charge in [-0.15, -0.1) is 13.8 Å². The molecule has 0 aliphatic carbocycles. The Morgan fingerprint density at radius 1 is 1.30 bits per heavy atom. The van der Waals surface area contributed by atoms with E-state index in [1.54, 1.807) is 18.6 Å². The van der Waals surface area contributed by atoms with Gasteiger partial charge in [0.15, 0.2) is 0 Å². The van der Waals surface area contributed by atoms with Crippen molar-refractivity contribution in [2.75, 3.05) is 0 Å². The molecule has 0 N–H and O–H groups in total. The van der Waals surface area contributed by atoms with E-state index in [4.69, 9.17) is 0 Å². The molecule has 0 spiro atoms. The van der Waals surface area contributed by atoms with Crippen LogP contribution < -0.4 is 0 Å². The van der Waals surface area contributed by atoms with Crippen molar-refractivity contribution >= 4 is 0 Å². The zero-order valence-corrected chi connectivity index (χ0v) is 9.04. The predicted octanol–water partition coefficient (Wildman–Crippen LogP) is 1.44. The molecule has 51 valence electrons. The minimum absolute atomic E-state index is 0. The van der Waals surface area contributed by atoms with Crippen LogP contribution in [0.25, 0.3) is 0 Å². The van der Waals surface area contributed by atoms with Gasteiger partial charge in [-0.1, -0.05) is 11.9 Å². The zero-order chi connectivity index (χ0) is 6.69. The number of hydrogen-bond acceptors (Lipinski definition) is 2. The monoisotopic (exact) mass is 210 g/mol. The molecule has 3 heteroatoms. The van der Waals surface area contributed by atoms with Gasteiger partial charge in [-0.05, 0) is 0 Å². The topological polar surface area (TPSA) is 25.8 Å². The van der Waals surface area contributed by atoms with Gasteiger partial charge >= 0.3 is 0 Å². The van der Waals surface area contributed by atoms with Gasteiger partial charge in [-0.25, -0.2) is 0 Å². The molecule has 0 amide bonds. The van der Waals surface area contributed by atoms with Gasteiger partial charge in [0.2, 0.25) is 0 Å². The van der Waals surface area contributed by atoms with Crippen LogP contribution in [0.15, 0.2) is 18.6 Å². The molecule has 0 unspecified atom stereocenters. The number of hydrogen-bond donors (Lipinski definition) is 0. The van der Waals surface area contributed by atoms with E-state index in [1.165, 1.54) is 5.92 Å². The third kappa shape index (κ3) is 2.76. The molecule has 0 atom stereocenters. The molecule has 1 radical (unpaired) electrons. The van der Waals surface area contributed by atoms with Crippen LogP contribution in [0, 0.1) is 5.92 Å². The fourth-order valence-corrected chi connectivity index (χ4v) is 0.557. The predicted molar refractivity (Wildman–Crippen MR) is 35.7 cm³/mol. The summed E-state index contributed by atoms with van der Waals surface area (Å²) in [5.74, 6) is 1.20. The summed E-state index contributed by atoms with van der Waals surface area (Å²) in [5.41, 5.74) is 0.970. The van der Waals surface area contributed by atoms with E-state index >= 15 is 0 Å². The first kappa shape index (κ1) is 10.1. The first-order valence-corrected chi connectivity index (χ1v) is 2.87. The quantitative estimate of drug-likeness (QED) is 0.655. The first-order chi connectivity index (χ1) is 4.30. The average Bonchev–Trinajstić information content (AvgIpc) is 1.90. The van der Waals surface area contributed by atoms with Crippen molar-refractivity contribution in [3.05, 3.63) is 30.2 Å². The summed E-state index contributed by atoms with van der Waals surface area (Å²) in [6, 6.07) is 0. The average molecular weight is 210 g/mol. The second-order valence-electron chi connectivity index (χ2n) is 2.09. The summed E-state index contributed by atoms with van der Waals surface area (Å²) in [6.45, 7) is 4.04. The molecule has 0 bridgehead atoms. The summed E-state index contributed by atoms with van der Waals surface area (Å²) < 4.78 is 0. The summed E-state index contributed by atoms with van der Waals surface area (Å²) in [6.07, 6.45) is 5.13. The third-order valence-corrected chi connectivity index (χ3v) is 1.08. The van der Waals surface area contributed by atoms with Crippen molar-refractivity contribution in [2.24, 2.45) is 0 Å². The van der Waals surface area contributed by atoms with E-state index < -0.39 is 0 Å². The molecule has 0 aromatic carbocycles. The van der Waals surface area contributed by atoms with E-state index in [1.807, 2.05) is 13.8 Å². The smallest absolute Gasteiger partial charge is 0.0402 e. The van der Waals surface area contributed by atoms with E-state index in [2.05, 4.69) is 9.97 Å². The van der Waals surface area contributed by atoms with E-state index in [0.717, 1.165) is 5.69 Å². The first-order valence-electron chi connectivity index (χ1n) is 2.87.